The Hall–Kier alpha value is -0.0200. The molecule has 0 radical (unpaired) electrons. The van der Waals surface area contributed by atoms with Gasteiger partial charge in [-0.3, -0.25) is 0 Å². The molecule has 1 aliphatic rings. The average Bonchev–Trinajstić information content (AvgIpc) is 2.53. The molecule has 0 N–H and O–H groups in total. The summed E-state index contributed by atoms with van der Waals surface area (Å²) in [5.41, 5.74) is 1.12. The first-order valence-corrected chi connectivity index (χ1v) is 7.73. The molecule has 1 fully saturated rings. The molecule has 2 rings (SSSR count). The van der Waals surface area contributed by atoms with Crippen LogP contribution in [0, 0.1) is 5.92 Å². The molecular formula is C15H23Cl3N2. The van der Waals surface area contributed by atoms with E-state index in [2.05, 4.69) is 24.0 Å². The number of hydrogen-bond acceptors (Lipinski definition) is 2. The van der Waals surface area contributed by atoms with E-state index in [-0.39, 0.29) is 17.3 Å². The molecule has 1 aromatic heterocycles. The minimum atomic E-state index is -0.293. The van der Waals surface area contributed by atoms with Crippen molar-refractivity contribution in [3.05, 3.63) is 29.0 Å². The zero-order valence-electron chi connectivity index (χ0n) is 12.1. The molecule has 2 nitrogen and oxygen atoms in total. The second-order valence-electron chi connectivity index (χ2n) is 5.79. The molecule has 1 heterocycles. The predicted octanol–water partition coefficient (Wildman–Crippen LogP) is 4.73. The first-order valence-electron chi connectivity index (χ1n) is 6.98. The molecule has 1 aromatic rings. The van der Waals surface area contributed by atoms with Crippen LogP contribution in [-0.2, 0) is 4.87 Å². The van der Waals surface area contributed by atoms with Crippen LogP contribution in [0.25, 0.3) is 0 Å². The fraction of sp³-hybridized carbons (Fsp3) is 0.667. The molecule has 2 atom stereocenters. The Morgan fingerprint density at radius 2 is 2.05 bits per heavy atom. The molecule has 0 spiro atoms. The van der Waals surface area contributed by atoms with E-state index in [9.17, 15) is 0 Å². The molecule has 0 saturated heterocycles. The molecule has 0 bridgehead atoms. The SMILES string of the molecule is CN(C)CC1CCCCCC1(Cl)c1ccc(Cl)nc1.Cl. The lowest BCUT2D eigenvalue weighted by atomic mass is 9.82. The molecule has 1 aliphatic carbocycles. The van der Waals surface area contributed by atoms with Crippen LogP contribution in [0.3, 0.4) is 0 Å². The van der Waals surface area contributed by atoms with Crippen LogP contribution in [0.4, 0.5) is 0 Å². The molecule has 0 amide bonds. The van der Waals surface area contributed by atoms with Crippen LogP contribution in [-0.4, -0.2) is 30.5 Å². The summed E-state index contributed by atoms with van der Waals surface area (Å²) in [6.45, 7) is 1.02. The first-order chi connectivity index (χ1) is 9.02. The average molecular weight is 338 g/mol. The van der Waals surface area contributed by atoms with Crippen molar-refractivity contribution in [2.75, 3.05) is 20.6 Å². The highest BCUT2D eigenvalue weighted by Gasteiger charge is 2.39. The summed E-state index contributed by atoms with van der Waals surface area (Å²) in [7, 11) is 4.23. The van der Waals surface area contributed by atoms with Crippen LogP contribution in [0.15, 0.2) is 18.3 Å². The number of hydrogen-bond donors (Lipinski definition) is 0. The van der Waals surface area contributed by atoms with Gasteiger partial charge in [-0.05, 0) is 44.5 Å². The molecule has 5 heteroatoms. The molecule has 20 heavy (non-hydrogen) atoms. The van der Waals surface area contributed by atoms with E-state index in [4.69, 9.17) is 23.2 Å². The Morgan fingerprint density at radius 1 is 1.30 bits per heavy atom. The van der Waals surface area contributed by atoms with Crippen molar-refractivity contribution in [2.24, 2.45) is 5.92 Å². The minimum absolute atomic E-state index is 0. The zero-order chi connectivity index (χ0) is 13.9. The van der Waals surface area contributed by atoms with E-state index in [1.165, 1.54) is 25.7 Å². The zero-order valence-corrected chi connectivity index (χ0v) is 14.4. The Morgan fingerprint density at radius 3 is 2.65 bits per heavy atom. The third kappa shape index (κ3) is 4.24. The highest BCUT2D eigenvalue weighted by Crippen LogP contribution is 2.46. The smallest absolute Gasteiger partial charge is 0.129 e. The lowest BCUT2D eigenvalue weighted by molar-refractivity contribution is 0.253. The number of pyridine rings is 1. The normalized spacial score (nSPS) is 26.9. The predicted molar refractivity (Wildman–Crippen MR) is 89.2 cm³/mol. The third-order valence-electron chi connectivity index (χ3n) is 4.03. The van der Waals surface area contributed by atoms with Gasteiger partial charge in [-0.15, -0.1) is 24.0 Å². The topological polar surface area (TPSA) is 16.1 Å². The van der Waals surface area contributed by atoms with Crippen LogP contribution in [0.1, 0.15) is 37.7 Å². The molecule has 2 unspecified atom stereocenters. The van der Waals surface area contributed by atoms with Gasteiger partial charge in [0.1, 0.15) is 5.15 Å². The van der Waals surface area contributed by atoms with Gasteiger partial charge in [-0.1, -0.05) is 36.9 Å². The van der Waals surface area contributed by atoms with Crippen LogP contribution >= 0.6 is 35.6 Å². The van der Waals surface area contributed by atoms with Crippen molar-refractivity contribution >= 4 is 35.6 Å². The summed E-state index contributed by atoms with van der Waals surface area (Å²) < 4.78 is 0. The fourth-order valence-corrected chi connectivity index (χ4v) is 3.60. The Kier molecular flexibility index (Phi) is 7.07. The summed E-state index contributed by atoms with van der Waals surface area (Å²) in [5.74, 6) is 0.467. The van der Waals surface area contributed by atoms with E-state index in [1.807, 2.05) is 18.3 Å². The van der Waals surface area contributed by atoms with Crippen LogP contribution < -0.4 is 0 Å². The van der Waals surface area contributed by atoms with Gasteiger partial charge in [0, 0.05) is 12.7 Å². The van der Waals surface area contributed by atoms with Crippen molar-refractivity contribution in [1.82, 2.24) is 9.88 Å². The number of rotatable bonds is 3. The fourth-order valence-electron chi connectivity index (χ4n) is 3.06. The summed E-state index contributed by atoms with van der Waals surface area (Å²) in [5, 5.41) is 0.529. The largest absolute Gasteiger partial charge is 0.309 e. The summed E-state index contributed by atoms with van der Waals surface area (Å²) in [6.07, 6.45) is 7.80. The number of aromatic nitrogens is 1. The summed E-state index contributed by atoms with van der Waals surface area (Å²) in [6, 6.07) is 3.88. The highest BCUT2D eigenvalue weighted by atomic mass is 35.5. The number of nitrogens with zero attached hydrogens (tertiary/aromatic N) is 2. The Balaban J connectivity index is 0.00000200. The third-order valence-corrected chi connectivity index (χ3v) is 4.97. The van der Waals surface area contributed by atoms with Gasteiger partial charge in [0.15, 0.2) is 0 Å². The first kappa shape index (κ1) is 18.0. The second kappa shape index (κ2) is 7.84. The van der Waals surface area contributed by atoms with Crippen LogP contribution in [0.5, 0.6) is 0 Å². The van der Waals surface area contributed by atoms with Gasteiger partial charge in [0.25, 0.3) is 0 Å². The maximum Gasteiger partial charge on any atom is 0.129 e. The van der Waals surface area contributed by atoms with Gasteiger partial charge >= 0.3 is 0 Å². The summed E-state index contributed by atoms with van der Waals surface area (Å²) >= 11 is 12.9. The summed E-state index contributed by atoms with van der Waals surface area (Å²) in [4.78, 5) is 6.15. The lowest BCUT2D eigenvalue weighted by Crippen LogP contribution is -2.36. The maximum atomic E-state index is 7.06. The molecule has 1 saturated carbocycles. The van der Waals surface area contributed by atoms with E-state index < -0.39 is 0 Å². The number of halogens is 3. The van der Waals surface area contributed by atoms with Crippen molar-refractivity contribution < 1.29 is 0 Å². The maximum absolute atomic E-state index is 7.06. The minimum Gasteiger partial charge on any atom is -0.309 e. The quantitative estimate of drug-likeness (QED) is 0.450. The monoisotopic (exact) mass is 336 g/mol. The van der Waals surface area contributed by atoms with Gasteiger partial charge in [-0.2, -0.15) is 0 Å². The van der Waals surface area contributed by atoms with E-state index in [0.29, 0.717) is 11.1 Å². The second-order valence-corrected chi connectivity index (χ2v) is 6.85. The van der Waals surface area contributed by atoms with Crippen molar-refractivity contribution in [1.29, 1.82) is 0 Å². The lowest BCUT2D eigenvalue weighted by Gasteiger charge is -2.36. The molecule has 0 aromatic carbocycles. The van der Waals surface area contributed by atoms with Gasteiger partial charge < -0.3 is 4.90 Å². The standard InChI is InChI=1S/C15H22Cl2N2.ClH/c1-19(2)11-13-6-4-3-5-9-15(13,17)12-7-8-14(16)18-10-12;/h7-8,10,13H,3-6,9,11H2,1-2H3;1H. The van der Waals surface area contributed by atoms with Crippen molar-refractivity contribution in [3.8, 4) is 0 Å². The Bertz CT molecular complexity index is 408. The van der Waals surface area contributed by atoms with Crippen LogP contribution in [0.2, 0.25) is 5.15 Å². The van der Waals surface area contributed by atoms with Crippen molar-refractivity contribution in [2.45, 2.75) is 37.0 Å². The van der Waals surface area contributed by atoms with Gasteiger partial charge in [-0.25, -0.2) is 4.98 Å². The van der Waals surface area contributed by atoms with Gasteiger partial charge in [0.2, 0.25) is 0 Å². The molecular weight excluding hydrogens is 315 g/mol. The van der Waals surface area contributed by atoms with E-state index in [0.717, 1.165) is 18.5 Å². The van der Waals surface area contributed by atoms with Crippen molar-refractivity contribution in [3.63, 3.8) is 0 Å². The number of alkyl halides is 1. The van der Waals surface area contributed by atoms with E-state index in [1.54, 1.807) is 0 Å². The Labute approximate surface area is 138 Å². The van der Waals surface area contributed by atoms with Gasteiger partial charge in [0.05, 0.1) is 4.87 Å². The molecule has 114 valence electrons. The highest BCUT2D eigenvalue weighted by molar-refractivity contribution is 6.29. The molecule has 0 aliphatic heterocycles. The van der Waals surface area contributed by atoms with E-state index >= 15 is 0 Å².